The quantitative estimate of drug-likeness (QED) is 0.459. The molecule has 1 aromatic carbocycles. The molecule has 134 valence electrons. The lowest BCUT2D eigenvalue weighted by molar-refractivity contribution is -0.143. The van der Waals surface area contributed by atoms with Gasteiger partial charge < -0.3 is 19.1 Å². The number of hydrogen-bond acceptors (Lipinski definition) is 5. The lowest BCUT2D eigenvalue weighted by Crippen LogP contribution is -2.32. The van der Waals surface area contributed by atoms with Crippen LogP contribution in [-0.2, 0) is 14.3 Å². The molecule has 0 bridgehead atoms. The molecule has 0 atom stereocenters. The summed E-state index contributed by atoms with van der Waals surface area (Å²) in [5.41, 5.74) is 0. The summed E-state index contributed by atoms with van der Waals surface area (Å²) in [5.74, 6) is 0.904. The highest BCUT2D eigenvalue weighted by molar-refractivity contribution is 5.77. The number of ether oxygens (including phenoxy) is 3. The summed E-state index contributed by atoms with van der Waals surface area (Å²) in [6.07, 6.45) is 2.93. The molecule has 0 fully saturated rings. The van der Waals surface area contributed by atoms with Gasteiger partial charge in [0.05, 0.1) is 13.7 Å². The van der Waals surface area contributed by atoms with Gasteiger partial charge in [0.25, 0.3) is 5.91 Å². The Bertz CT molecular complexity index is 518. The molecule has 0 aliphatic heterocycles. The van der Waals surface area contributed by atoms with E-state index in [4.69, 9.17) is 14.2 Å². The normalized spacial score (nSPS) is 10.1. The van der Waals surface area contributed by atoms with Crippen molar-refractivity contribution in [2.75, 3.05) is 33.9 Å². The van der Waals surface area contributed by atoms with Gasteiger partial charge in [-0.2, -0.15) is 0 Å². The maximum absolute atomic E-state index is 12.1. The Morgan fingerprint density at radius 1 is 1.08 bits per heavy atom. The van der Waals surface area contributed by atoms with Crippen molar-refractivity contribution in [2.45, 2.75) is 32.6 Å². The van der Waals surface area contributed by atoms with Gasteiger partial charge in [-0.1, -0.05) is 18.6 Å². The van der Waals surface area contributed by atoms with Crippen molar-refractivity contribution in [2.24, 2.45) is 0 Å². The summed E-state index contributed by atoms with van der Waals surface area (Å²) < 4.78 is 15.6. The fourth-order valence-electron chi connectivity index (χ4n) is 2.14. The monoisotopic (exact) mass is 337 g/mol. The molecule has 0 aliphatic carbocycles. The molecule has 6 nitrogen and oxygen atoms in total. The van der Waals surface area contributed by atoms with Gasteiger partial charge in [0.2, 0.25) is 0 Å². The number of unbranched alkanes of at least 4 members (excludes halogenated alkanes) is 2. The fraction of sp³-hybridized carbons (Fsp3) is 0.556. The van der Waals surface area contributed by atoms with Gasteiger partial charge in [0.15, 0.2) is 18.1 Å². The Morgan fingerprint density at radius 3 is 2.46 bits per heavy atom. The predicted molar refractivity (Wildman–Crippen MR) is 91.2 cm³/mol. The van der Waals surface area contributed by atoms with E-state index in [0.29, 0.717) is 31.1 Å². The molecule has 0 unspecified atom stereocenters. The van der Waals surface area contributed by atoms with Gasteiger partial charge in [-0.3, -0.25) is 9.59 Å². The molecular formula is C18H27NO5. The van der Waals surface area contributed by atoms with Crippen LogP contribution in [0.25, 0.3) is 0 Å². The largest absolute Gasteiger partial charge is 0.493 e. The van der Waals surface area contributed by atoms with E-state index in [1.807, 2.05) is 12.1 Å². The first-order valence-corrected chi connectivity index (χ1v) is 8.23. The van der Waals surface area contributed by atoms with E-state index in [1.165, 1.54) is 0 Å². The Morgan fingerprint density at radius 2 is 1.79 bits per heavy atom. The van der Waals surface area contributed by atoms with E-state index >= 15 is 0 Å². The second-order valence-electron chi connectivity index (χ2n) is 5.37. The molecule has 0 heterocycles. The summed E-state index contributed by atoms with van der Waals surface area (Å²) in [6, 6.07) is 7.22. The van der Waals surface area contributed by atoms with Crippen LogP contribution in [0.3, 0.4) is 0 Å². The summed E-state index contributed by atoms with van der Waals surface area (Å²) in [5, 5.41) is 0. The average molecular weight is 337 g/mol. The SMILES string of the molecule is CCOC(=O)CCCCCN(C)C(=O)COc1ccccc1OC. The third-order valence-corrected chi connectivity index (χ3v) is 3.53. The second kappa shape index (κ2) is 11.3. The minimum absolute atomic E-state index is 0.0281. The molecule has 0 N–H and O–H groups in total. The van der Waals surface area contributed by atoms with Crippen LogP contribution >= 0.6 is 0 Å². The van der Waals surface area contributed by atoms with Crippen LogP contribution in [0.4, 0.5) is 0 Å². The van der Waals surface area contributed by atoms with Crippen molar-refractivity contribution in [3.05, 3.63) is 24.3 Å². The molecule has 1 aromatic rings. The molecule has 1 amide bonds. The Kier molecular flexibility index (Phi) is 9.34. The first kappa shape index (κ1) is 19.8. The standard InChI is InChI=1S/C18H27NO5/c1-4-23-18(21)12-6-5-9-13-19(2)17(20)14-24-16-11-8-7-10-15(16)22-3/h7-8,10-11H,4-6,9,12-14H2,1-3H3. The molecule has 0 saturated heterocycles. The topological polar surface area (TPSA) is 65.1 Å². The van der Waals surface area contributed by atoms with Crippen molar-refractivity contribution in [3.63, 3.8) is 0 Å². The Hall–Kier alpha value is -2.24. The maximum Gasteiger partial charge on any atom is 0.305 e. The second-order valence-corrected chi connectivity index (χ2v) is 5.37. The van der Waals surface area contributed by atoms with E-state index in [2.05, 4.69) is 0 Å². The minimum atomic E-state index is -0.160. The maximum atomic E-state index is 12.1. The molecule has 0 saturated carbocycles. The summed E-state index contributed by atoms with van der Waals surface area (Å²) in [7, 11) is 3.31. The Labute approximate surface area is 143 Å². The van der Waals surface area contributed by atoms with Gasteiger partial charge in [-0.15, -0.1) is 0 Å². The van der Waals surface area contributed by atoms with Gasteiger partial charge in [0, 0.05) is 20.0 Å². The zero-order valence-electron chi connectivity index (χ0n) is 14.7. The summed E-state index contributed by atoms with van der Waals surface area (Å²) >= 11 is 0. The molecular weight excluding hydrogens is 310 g/mol. The number of methoxy groups -OCH3 is 1. The number of nitrogens with zero attached hydrogens (tertiary/aromatic N) is 1. The highest BCUT2D eigenvalue weighted by Gasteiger charge is 2.11. The van der Waals surface area contributed by atoms with Gasteiger partial charge in [-0.25, -0.2) is 0 Å². The van der Waals surface area contributed by atoms with Crippen molar-refractivity contribution in [1.29, 1.82) is 0 Å². The molecule has 0 aliphatic rings. The molecule has 24 heavy (non-hydrogen) atoms. The van der Waals surface area contributed by atoms with Crippen LogP contribution in [0.1, 0.15) is 32.6 Å². The van der Waals surface area contributed by atoms with Gasteiger partial charge in [-0.05, 0) is 31.9 Å². The van der Waals surface area contributed by atoms with Crippen LogP contribution in [-0.4, -0.2) is 50.7 Å². The number of carbonyl (C=O) groups is 2. The summed E-state index contributed by atoms with van der Waals surface area (Å²) in [6.45, 7) is 2.82. The smallest absolute Gasteiger partial charge is 0.305 e. The van der Waals surface area contributed by atoms with Gasteiger partial charge in [0.1, 0.15) is 0 Å². The van der Waals surface area contributed by atoms with E-state index in [1.54, 1.807) is 38.1 Å². The zero-order chi connectivity index (χ0) is 17.8. The van der Waals surface area contributed by atoms with Crippen molar-refractivity contribution >= 4 is 11.9 Å². The number of carbonyl (C=O) groups excluding carboxylic acids is 2. The van der Waals surface area contributed by atoms with E-state index in [9.17, 15) is 9.59 Å². The van der Waals surface area contributed by atoms with Crippen LogP contribution in [0.5, 0.6) is 11.5 Å². The van der Waals surface area contributed by atoms with E-state index in [-0.39, 0.29) is 18.5 Å². The van der Waals surface area contributed by atoms with Crippen LogP contribution in [0.15, 0.2) is 24.3 Å². The molecule has 6 heteroatoms. The highest BCUT2D eigenvalue weighted by Crippen LogP contribution is 2.25. The Balaban J connectivity index is 2.22. The van der Waals surface area contributed by atoms with Crippen LogP contribution in [0.2, 0.25) is 0 Å². The number of para-hydroxylation sites is 2. The average Bonchev–Trinajstić information content (AvgIpc) is 2.59. The van der Waals surface area contributed by atoms with Crippen molar-refractivity contribution < 1.29 is 23.8 Å². The number of benzene rings is 1. The van der Waals surface area contributed by atoms with Gasteiger partial charge >= 0.3 is 5.97 Å². The van der Waals surface area contributed by atoms with Crippen LogP contribution in [0, 0.1) is 0 Å². The predicted octanol–water partition coefficient (Wildman–Crippen LogP) is 2.66. The number of rotatable bonds is 11. The minimum Gasteiger partial charge on any atom is -0.493 e. The van der Waals surface area contributed by atoms with Crippen LogP contribution < -0.4 is 9.47 Å². The van der Waals surface area contributed by atoms with E-state index < -0.39 is 0 Å². The number of hydrogen-bond donors (Lipinski definition) is 0. The lowest BCUT2D eigenvalue weighted by atomic mass is 10.2. The lowest BCUT2D eigenvalue weighted by Gasteiger charge is -2.18. The first-order valence-electron chi connectivity index (χ1n) is 8.23. The highest BCUT2D eigenvalue weighted by atomic mass is 16.5. The number of amides is 1. The number of likely N-dealkylation sites (N-methyl/N-ethyl adjacent to an activating group) is 1. The fourth-order valence-corrected chi connectivity index (χ4v) is 2.14. The molecule has 0 aromatic heterocycles. The number of esters is 1. The van der Waals surface area contributed by atoms with Crippen molar-refractivity contribution in [3.8, 4) is 11.5 Å². The molecule has 0 radical (unpaired) electrons. The summed E-state index contributed by atoms with van der Waals surface area (Å²) in [4.78, 5) is 24.9. The molecule has 1 rings (SSSR count). The first-order chi connectivity index (χ1) is 11.6. The van der Waals surface area contributed by atoms with Crippen molar-refractivity contribution in [1.82, 2.24) is 4.90 Å². The third kappa shape index (κ3) is 7.35. The third-order valence-electron chi connectivity index (χ3n) is 3.53. The molecule has 0 spiro atoms. The van der Waals surface area contributed by atoms with E-state index in [0.717, 1.165) is 19.3 Å². The zero-order valence-corrected chi connectivity index (χ0v) is 14.7.